The average Bonchev–Trinajstić information content (AvgIpc) is 2.76. The van der Waals surface area contributed by atoms with E-state index in [-0.39, 0.29) is 5.92 Å². The van der Waals surface area contributed by atoms with Crippen LogP contribution in [0.3, 0.4) is 0 Å². The summed E-state index contributed by atoms with van der Waals surface area (Å²) in [5.41, 5.74) is 4.92. The van der Waals surface area contributed by atoms with Gasteiger partial charge in [0.1, 0.15) is 6.04 Å². The van der Waals surface area contributed by atoms with Crippen molar-refractivity contribution in [1.82, 2.24) is 10.2 Å². The predicted molar refractivity (Wildman–Crippen MR) is 65.1 cm³/mol. The summed E-state index contributed by atoms with van der Waals surface area (Å²) in [5, 5.41) is 20.6. The van der Waals surface area contributed by atoms with E-state index in [2.05, 4.69) is 5.32 Å². The van der Waals surface area contributed by atoms with Gasteiger partial charge in [-0.25, -0.2) is 9.59 Å². The summed E-state index contributed by atoms with van der Waals surface area (Å²) >= 11 is 0. The van der Waals surface area contributed by atoms with E-state index in [4.69, 9.17) is 10.8 Å². The number of carbonyl (C=O) groups is 3. The Hall–Kier alpha value is -1.83. The predicted octanol–water partition coefficient (Wildman–Crippen LogP) is -1.27. The molecule has 2 unspecified atom stereocenters. The fourth-order valence-corrected chi connectivity index (χ4v) is 2.01. The van der Waals surface area contributed by atoms with Crippen molar-refractivity contribution in [3.8, 4) is 0 Å². The highest BCUT2D eigenvalue weighted by atomic mass is 16.4. The Morgan fingerprint density at radius 3 is 2.53 bits per heavy atom. The van der Waals surface area contributed by atoms with Crippen LogP contribution < -0.4 is 11.1 Å². The van der Waals surface area contributed by atoms with Crippen molar-refractivity contribution >= 4 is 17.9 Å². The Labute approximate surface area is 110 Å². The number of primary amides is 1. The number of aliphatic carboxylic acids is 1. The fourth-order valence-electron chi connectivity index (χ4n) is 2.01. The number of rotatable bonds is 5. The molecule has 0 aromatic heterocycles. The smallest absolute Gasteiger partial charge is 0.326 e. The van der Waals surface area contributed by atoms with Gasteiger partial charge in [0, 0.05) is 19.0 Å². The Morgan fingerprint density at radius 1 is 1.47 bits per heavy atom. The van der Waals surface area contributed by atoms with E-state index in [1.165, 1.54) is 4.90 Å². The van der Waals surface area contributed by atoms with Gasteiger partial charge in [-0.3, -0.25) is 4.79 Å². The van der Waals surface area contributed by atoms with Crippen LogP contribution in [0.1, 0.15) is 19.8 Å². The SMILES string of the molecule is CC(O)C1CCN(C(=O)N[C@@H](CC(N)=O)C(=O)O)C1. The van der Waals surface area contributed by atoms with Gasteiger partial charge in [0.25, 0.3) is 0 Å². The van der Waals surface area contributed by atoms with Crippen LogP contribution in [0.2, 0.25) is 0 Å². The molecular weight excluding hydrogens is 254 g/mol. The number of nitrogens with zero attached hydrogens (tertiary/aromatic N) is 1. The van der Waals surface area contributed by atoms with E-state index >= 15 is 0 Å². The highest BCUT2D eigenvalue weighted by Gasteiger charge is 2.31. The molecular formula is C11H19N3O5. The molecule has 0 radical (unpaired) electrons. The van der Waals surface area contributed by atoms with E-state index in [0.717, 1.165) is 0 Å². The van der Waals surface area contributed by atoms with E-state index in [1.54, 1.807) is 6.92 Å². The fraction of sp³-hybridized carbons (Fsp3) is 0.727. The maximum atomic E-state index is 11.8. The number of hydrogen-bond donors (Lipinski definition) is 4. The third kappa shape index (κ3) is 4.40. The molecule has 1 heterocycles. The molecule has 0 aromatic carbocycles. The summed E-state index contributed by atoms with van der Waals surface area (Å²) in [7, 11) is 0. The number of nitrogens with one attached hydrogen (secondary N) is 1. The molecule has 1 aliphatic heterocycles. The minimum Gasteiger partial charge on any atom is -0.480 e. The minimum absolute atomic E-state index is 0.00910. The molecule has 1 saturated heterocycles. The lowest BCUT2D eigenvalue weighted by Gasteiger charge is -2.21. The van der Waals surface area contributed by atoms with E-state index in [9.17, 15) is 19.5 Å². The first kappa shape index (κ1) is 15.2. The third-order valence-corrected chi connectivity index (χ3v) is 3.20. The van der Waals surface area contributed by atoms with Crippen molar-refractivity contribution in [2.45, 2.75) is 31.9 Å². The van der Waals surface area contributed by atoms with Crippen LogP contribution in [-0.4, -0.2) is 58.3 Å². The highest BCUT2D eigenvalue weighted by Crippen LogP contribution is 2.19. The van der Waals surface area contributed by atoms with Crippen LogP contribution >= 0.6 is 0 Å². The van der Waals surface area contributed by atoms with Gasteiger partial charge in [-0.15, -0.1) is 0 Å². The number of urea groups is 1. The number of carboxylic acids is 1. The number of nitrogens with two attached hydrogens (primary N) is 1. The number of likely N-dealkylation sites (tertiary alicyclic amines) is 1. The van der Waals surface area contributed by atoms with Gasteiger partial charge >= 0.3 is 12.0 Å². The molecule has 0 spiro atoms. The summed E-state index contributed by atoms with van der Waals surface area (Å²) in [6.07, 6.45) is -0.299. The number of hydrogen-bond acceptors (Lipinski definition) is 4. The largest absolute Gasteiger partial charge is 0.480 e. The first-order valence-electron chi connectivity index (χ1n) is 6.06. The maximum Gasteiger partial charge on any atom is 0.326 e. The molecule has 8 heteroatoms. The van der Waals surface area contributed by atoms with Gasteiger partial charge in [0.15, 0.2) is 0 Å². The van der Waals surface area contributed by atoms with E-state index < -0.39 is 36.5 Å². The van der Waals surface area contributed by atoms with Gasteiger partial charge in [0.2, 0.25) is 5.91 Å². The van der Waals surface area contributed by atoms with Crippen molar-refractivity contribution in [2.24, 2.45) is 11.7 Å². The van der Waals surface area contributed by atoms with Crippen LogP contribution in [0.15, 0.2) is 0 Å². The first-order chi connectivity index (χ1) is 8.81. The molecule has 1 aliphatic rings. The lowest BCUT2D eigenvalue weighted by atomic mass is 10.0. The standard InChI is InChI=1S/C11H19N3O5/c1-6(15)7-2-3-14(5-7)11(19)13-8(10(17)18)4-9(12)16/h6-8,15H,2-5H2,1H3,(H2,12,16)(H,13,19)(H,17,18)/t6?,7?,8-/m0/s1. The molecule has 0 bridgehead atoms. The molecule has 1 fully saturated rings. The van der Waals surface area contributed by atoms with Crippen LogP contribution in [0.5, 0.6) is 0 Å². The Bertz CT molecular complexity index is 371. The topological polar surface area (TPSA) is 133 Å². The molecule has 3 atom stereocenters. The van der Waals surface area contributed by atoms with Gasteiger partial charge in [-0.05, 0) is 13.3 Å². The lowest BCUT2D eigenvalue weighted by Crippen LogP contribution is -2.48. The average molecular weight is 273 g/mol. The Balaban J connectivity index is 2.54. The zero-order valence-corrected chi connectivity index (χ0v) is 10.7. The van der Waals surface area contributed by atoms with Crippen LogP contribution in [0.25, 0.3) is 0 Å². The minimum atomic E-state index is -1.32. The van der Waals surface area contributed by atoms with Crippen LogP contribution in [-0.2, 0) is 9.59 Å². The van der Waals surface area contributed by atoms with Gasteiger partial charge in [-0.1, -0.05) is 0 Å². The zero-order valence-electron chi connectivity index (χ0n) is 10.7. The van der Waals surface area contributed by atoms with Gasteiger partial charge in [-0.2, -0.15) is 0 Å². The third-order valence-electron chi connectivity index (χ3n) is 3.20. The van der Waals surface area contributed by atoms with E-state index in [1.807, 2.05) is 0 Å². The first-order valence-corrected chi connectivity index (χ1v) is 6.06. The van der Waals surface area contributed by atoms with Gasteiger partial charge < -0.3 is 26.2 Å². The second kappa shape index (κ2) is 6.37. The second-order valence-electron chi connectivity index (χ2n) is 4.75. The number of carbonyl (C=O) groups excluding carboxylic acids is 2. The summed E-state index contributed by atoms with van der Waals surface area (Å²) < 4.78 is 0. The zero-order chi connectivity index (χ0) is 14.6. The molecule has 0 aromatic rings. The Kier molecular flexibility index (Phi) is 5.11. The molecule has 8 nitrogen and oxygen atoms in total. The molecule has 19 heavy (non-hydrogen) atoms. The summed E-state index contributed by atoms with van der Waals surface area (Å²) in [5.74, 6) is -2.11. The summed E-state index contributed by atoms with van der Waals surface area (Å²) in [6.45, 7) is 2.47. The van der Waals surface area contributed by atoms with Crippen molar-refractivity contribution in [3.05, 3.63) is 0 Å². The maximum absolute atomic E-state index is 11.8. The lowest BCUT2D eigenvalue weighted by molar-refractivity contribution is -0.140. The molecule has 1 rings (SSSR count). The monoisotopic (exact) mass is 273 g/mol. The quantitative estimate of drug-likeness (QED) is 0.495. The number of carboxylic acid groups (broad SMARTS) is 1. The molecule has 5 N–H and O–H groups in total. The summed E-state index contributed by atoms with van der Waals surface area (Å²) in [6, 6.07) is -1.88. The summed E-state index contributed by atoms with van der Waals surface area (Å²) in [4.78, 5) is 34.8. The van der Waals surface area contributed by atoms with Crippen LogP contribution in [0.4, 0.5) is 4.79 Å². The molecule has 108 valence electrons. The van der Waals surface area contributed by atoms with E-state index in [0.29, 0.717) is 19.5 Å². The number of amides is 3. The van der Waals surface area contributed by atoms with Crippen LogP contribution in [0, 0.1) is 5.92 Å². The number of aliphatic hydroxyl groups excluding tert-OH is 1. The van der Waals surface area contributed by atoms with Crippen molar-refractivity contribution in [2.75, 3.05) is 13.1 Å². The number of aliphatic hydroxyl groups is 1. The van der Waals surface area contributed by atoms with Crippen molar-refractivity contribution in [3.63, 3.8) is 0 Å². The normalized spacial score (nSPS) is 21.8. The highest BCUT2D eigenvalue weighted by molar-refractivity contribution is 5.87. The molecule has 3 amide bonds. The second-order valence-corrected chi connectivity index (χ2v) is 4.75. The molecule has 0 saturated carbocycles. The van der Waals surface area contributed by atoms with Crippen molar-refractivity contribution in [1.29, 1.82) is 0 Å². The van der Waals surface area contributed by atoms with Crippen molar-refractivity contribution < 1.29 is 24.6 Å². The Morgan fingerprint density at radius 2 is 2.11 bits per heavy atom. The molecule has 0 aliphatic carbocycles. The van der Waals surface area contributed by atoms with Gasteiger partial charge in [0.05, 0.1) is 12.5 Å².